The van der Waals surface area contributed by atoms with Gasteiger partial charge in [-0.3, -0.25) is 4.79 Å². The van der Waals surface area contributed by atoms with E-state index in [-0.39, 0.29) is 16.8 Å². The molecule has 0 radical (unpaired) electrons. The normalized spacial score (nSPS) is 11.0. The van der Waals surface area contributed by atoms with E-state index >= 15 is 0 Å². The number of carbonyl (C=O) groups is 1. The number of thiocarbonyl (C=S) groups is 1. The summed E-state index contributed by atoms with van der Waals surface area (Å²) in [7, 11) is 0. The molecule has 0 saturated heterocycles. The van der Waals surface area contributed by atoms with Gasteiger partial charge in [-0.1, -0.05) is 11.6 Å². The molecular weight excluding hydrogens is 427 g/mol. The zero-order chi connectivity index (χ0) is 21.0. The average molecular weight is 440 g/mol. The van der Waals surface area contributed by atoms with Crippen molar-refractivity contribution in [1.82, 2.24) is 0 Å². The van der Waals surface area contributed by atoms with Crippen LogP contribution < -0.4 is 16.0 Å². The lowest BCUT2D eigenvalue weighted by molar-refractivity contribution is -0.137. The molecular formula is C19H13ClF3N3O2S. The molecule has 3 rings (SSSR count). The molecule has 1 aromatic heterocycles. The first-order valence-corrected chi connectivity index (χ1v) is 8.90. The molecule has 0 aliphatic rings. The Morgan fingerprint density at radius 1 is 0.931 bits per heavy atom. The Labute approximate surface area is 173 Å². The molecule has 0 unspecified atom stereocenters. The smallest absolute Gasteiger partial charge is 0.417 e. The van der Waals surface area contributed by atoms with E-state index in [9.17, 15) is 18.0 Å². The van der Waals surface area contributed by atoms with E-state index in [1.807, 2.05) is 0 Å². The highest BCUT2D eigenvalue weighted by atomic mass is 35.5. The van der Waals surface area contributed by atoms with Gasteiger partial charge in [-0.05, 0) is 66.8 Å². The van der Waals surface area contributed by atoms with Crippen LogP contribution in [0.5, 0.6) is 0 Å². The minimum absolute atomic E-state index is 0.160. The maximum atomic E-state index is 12.7. The zero-order valence-electron chi connectivity index (χ0n) is 14.5. The van der Waals surface area contributed by atoms with Gasteiger partial charge < -0.3 is 20.4 Å². The maximum Gasteiger partial charge on any atom is 0.417 e. The van der Waals surface area contributed by atoms with Crippen LogP contribution in [-0.2, 0) is 6.18 Å². The van der Waals surface area contributed by atoms with Crippen molar-refractivity contribution >= 4 is 51.9 Å². The van der Waals surface area contributed by atoms with Gasteiger partial charge in [-0.2, -0.15) is 13.2 Å². The minimum atomic E-state index is -4.53. The number of carbonyl (C=O) groups excluding carboxylic acids is 1. The second kappa shape index (κ2) is 8.54. The number of hydrogen-bond donors (Lipinski definition) is 3. The van der Waals surface area contributed by atoms with E-state index < -0.39 is 16.8 Å². The first kappa shape index (κ1) is 20.7. The van der Waals surface area contributed by atoms with Crippen molar-refractivity contribution in [3.05, 3.63) is 77.2 Å². The summed E-state index contributed by atoms with van der Waals surface area (Å²) in [5.74, 6) is -0.195. The summed E-state index contributed by atoms with van der Waals surface area (Å²) in [6, 6.07) is 13.1. The first-order valence-electron chi connectivity index (χ1n) is 8.12. The highest BCUT2D eigenvalue weighted by Crippen LogP contribution is 2.35. The Kier molecular flexibility index (Phi) is 6.09. The average Bonchev–Trinajstić information content (AvgIpc) is 3.17. The number of anilines is 3. The van der Waals surface area contributed by atoms with Gasteiger partial charge in [-0.25, -0.2) is 0 Å². The van der Waals surface area contributed by atoms with Crippen LogP contribution in [0.3, 0.4) is 0 Å². The highest BCUT2D eigenvalue weighted by molar-refractivity contribution is 7.80. The van der Waals surface area contributed by atoms with Gasteiger partial charge in [0.15, 0.2) is 10.9 Å². The summed E-state index contributed by atoms with van der Waals surface area (Å²) < 4.78 is 43.3. The molecule has 3 aromatic rings. The number of alkyl halides is 3. The fourth-order valence-electron chi connectivity index (χ4n) is 2.35. The minimum Gasteiger partial charge on any atom is -0.459 e. The Bertz CT molecular complexity index is 1020. The predicted molar refractivity (Wildman–Crippen MR) is 109 cm³/mol. The number of rotatable bonds is 4. The van der Waals surface area contributed by atoms with Gasteiger partial charge >= 0.3 is 6.18 Å². The third kappa shape index (κ3) is 5.49. The van der Waals surface area contributed by atoms with Crippen LogP contribution in [0.1, 0.15) is 16.1 Å². The fourth-order valence-corrected chi connectivity index (χ4v) is 2.88. The standard InChI is InChI=1S/C19H13ClF3N3O2S/c20-15-10-13(7-8-14(15)19(21,22)23)26-18(29)25-12-5-3-11(4-6-12)24-17(27)16-2-1-9-28-16/h1-10H,(H,24,27)(H2,25,26,29). The number of furan rings is 1. The van der Waals surface area contributed by atoms with Crippen molar-refractivity contribution in [2.24, 2.45) is 0 Å². The molecule has 2 aromatic carbocycles. The number of hydrogen-bond acceptors (Lipinski definition) is 3. The topological polar surface area (TPSA) is 66.3 Å². The molecule has 29 heavy (non-hydrogen) atoms. The van der Waals surface area contributed by atoms with E-state index in [2.05, 4.69) is 16.0 Å². The van der Waals surface area contributed by atoms with Crippen molar-refractivity contribution < 1.29 is 22.4 Å². The monoisotopic (exact) mass is 439 g/mol. The summed E-state index contributed by atoms with van der Waals surface area (Å²) >= 11 is 10.8. The van der Waals surface area contributed by atoms with Gasteiger partial charge in [0.1, 0.15) is 0 Å². The van der Waals surface area contributed by atoms with Crippen LogP contribution in [0.25, 0.3) is 0 Å². The number of halogens is 4. The summed E-state index contributed by atoms with van der Waals surface area (Å²) in [6.07, 6.45) is -3.12. The fraction of sp³-hybridized carbons (Fsp3) is 0.0526. The van der Waals surface area contributed by atoms with Crippen molar-refractivity contribution in [2.45, 2.75) is 6.18 Å². The van der Waals surface area contributed by atoms with Gasteiger partial charge in [0.05, 0.1) is 16.8 Å². The van der Waals surface area contributed by atoms with E-state index in [0.29, 0.717) is 17.1 Å². The molecule has 0 aliphatic heterocycles. The molecule has 150 valence electrons. The first-order chi connectivity index (χ1) is 13.7. The van der Waals surface area contributed by atoms with Gasteiger partial charge in [0, 0.05) is 17.1 Å². The number of amides is 1. The lowest BCUT2D eigenvalue weighted by atomic mass is 10.2. The third-order valence-corrected chi connectivity index (χ3v) is 4.19. The lowest BCUT2D eigenvalue weighted by Gasteiger charge is -2.13. The quantitative estimate of drug-likeness (QED) is 0.434. The molecule has 10 heteroatoms. The Balaban J connectivity index is 1.58. The summed E-state index contributed by atoms with van der Waals surface area (Å²) in [5, 5.41) is 8.05. The summed E-state index contributed by atoms with van der Waals surface area (Å²) in [4.78, 5) is 11.9. The molecule has 0 spiro atoms. The van der Waals surface area contributed by atoms with Crippen LogP contribution >= 0.6 is 23.8 Å². The van der Waals surface area contributed by atoms with Crippen LogP contribution in [0.2, 0.25) is 5.02 Å². The van der Waals surface area contributed by atoms with E-state index in [4.69, 9.17) is 28.2 Å². The number of benzene rings is 2. The van der Waals surface area contributed by atoms with Gasteiger partial charge in [-0.15, -0.1) is 0 Å². The van der Waals surface area contributed by atoms with E-state index in [0.717, 1.165) is 12.1 Å². The van der Waals surface area contributed by atoms with Crippen LogP contribution in [0, 0.1) is 0 Å². The molecule has 1 amide bonds. The molecule has 0 fully saturated rings. The summed E-state index contributed by atoms with van der Waals surface area (Å²) in [6.45, 7) is 0. The third-order valence-electron chi connectivity index (χ3n) is 3.68. The zero-order valence-corrected chi connectivity index (χ0v) is 16.1. The van der Waals surface area contributed by atoms with Crippen LogP contribution in [-0.4, -0.2) is 11.0 Å². The second-order valence-corrected chi connectivity index (χ2v) is 6.60. The molecule has 1 heterocycles. The second-order valence-electron chi connectivity index (χ2n) is 5.78. The van der Waals surface area contributed by atoms with Crippen molar-refractivity contribution in [1.29, 1.82) is 0 Å². The summed E-state index contributed by atoms with van der Waals surface area (Å²) in [5.41, 5.74) is 0.542. The SMILES string of the molecule is O=C(Nc1ccc(NC(=S)Nc2ccc(C(F)(F)F)c(Cl)c2)cc1)c1ccco1. The van der Waals surface area contributed by atoms with E-state index in [1.54, 1.807) is 36.4 Å². The van der Waals surface area contributed by atoms with Gasteiger partial charge in [0.25, 0.3) is 5.91 Å². The molecule has 0 aliphatic carbocycles. The molecule has 5 nitrogen and oxygen atoms in total. The van der Waals surface area contributed by atoms with Gasteiger partial charge in [0.2, 0.25) is 0 Å². The Hall–Kier alpha value is -3.04. The van der Waals surface area contributed by atoms with Crippen molar-refractivity contribution in [3.63, 3.8) is 0 Å². The Morgan fingerprint density at radius 3 is 2.07 bits per heavy atom. The Morgan fingerprint density at radius 2 is 1.52 bits per heavy atom. The highest BCUT2D eigenvalue weighted by Gasteiger charge is 2.33. The van der Waals surface area contributed by atoms with Crippen molar-refractivity contribution in [3.8, 4) is 0 Å². The number of nitrogens with one attached hydrogen (secondary N) is 3. The van der Waals surface area contributed by atoms with Crippen LogP contribution in [0.4, 0.5) is 30.2 Å². The molecule has 0 atom stereocenters. The van der Waals surface area contributed by atoms with E-state index in [1.165, 1.54) is 12.3 Å². The van der Waals surface area contributed by atoms with Crippen molar-refractivity contribution in [2.75, 3.05) is 16.0 Å². The molecule has 0 saturated carbocycles. The molecule has 3 N–H and O–H groups in total. The lowest BCUT2D eigenvalue weighted by Crippen LogP contribution is -2.19. The maximum absolute atomic E-state index is 12.7. The predicted octanol–water partition coefficient (Wildman–Crippen LogP) is 6.01. The molecule has 0 bridgehead atoms. The van der Waals surface area contributed by atoms with Crippen LogP contribution in [0.15, 0.2) is 65.3 Å². The largest absolute Gasteiger partial charge is 0.459 e.